The number of nitrogens with zero attached hydrogens (tertiary/aromatic N) is 2. The lowest BCUT2D eigenvalue weighted by Gasteiger charge is -2.56. The largest absolute Gasteiger partial charge is 0.390 e. The standard InChI is InChI=1S/C25H36N2O4S/c1-24-9-7-16-17-8-10-25(29)11-22(25)19(17)4-3-18(16)20(24)5-6-21(24)23(28)14-27-13-15(12-26-27)32(2,30)31/h12-13,16-22,29H,3-11,14H2,1-2H3/t16-,17-,18-,19+,20+,21-,22?,24+,25+/m1/s1. The SMILES string of the molecule is C[C@]12CC[C@@H]3[C@H]4CC[C@]5(O)CC5[C@H]4CC[C@H]3[C@@H]1CC[C@@H]2C(=O)Cn1cc(S(C)(=O)=O)cn1. The van der Waals surface area contributed by atoms with E-state index in [1.165, 1.54) is 49.0 Å². The molecule has 0 amide bonds. The van der Waals surface area contributed by atoms with E-state index >= 15 is 0 Å². The molecule has 5 fully saturated rings. The van der Waals surface area contributed by atoms with Gasteiger partial charge in [-0.3, -0.25) is 9.48 Å². The number of aromatic nitrogens is 2. The van der Waals surface area contributed by atoms with Crippen molar-refractivity contribution in [1.82, 2.24) is 9.78 Å². The molecule has 0 bridgehead atoms. The highest BCUT2D eigenvalue weighted by Gasteiger charge is 2.65. The van der Waals surface area contributed by atoms with Crippen molar-refractivity contribution >= 4 is 15.6 Å². The van der Waals surface area contributed by atoms with Crippen molar-refractivity contribution < 1.29 is 18.3 Å². The van der Waals surface area contributed by atoms with Crippen LogP contribution < -0.4 is 0 Å². The van der Waals surface area contributed by atoms with E-state index in [0.717, 1.165) is 55.8 Å². The number of carbonyl (C=O) groups is 1. The van der Waals surface area contributed by atoms with E-state index in [2.05, 4.69) is 12.0 Å². The fraction of sp³-hybridized carbons (Fsp3) is 0.840. The van der Waals surface area contributed by atoms with Crippen molar-refractivity contribution in [1.29, 1.82) is 0 Å². The fourth-order valence-corrected chi connectivity index (χ4v) is 9.66. The maximum Gasteiger partial charge on any atom is 0.178 e. The van der Waals surface area contributed by atoms with Gasteiger partial charge in [0.05, 0.1) is 18.3 Å². The predicted octanol–water partition coefficient (Wildman–Crippen LogP) is 3.49. The normalized spacial score (nSPS) is 47.2. The van der Waals surface area contributed by atoms with Crippen molar-refractivity contribution in [2.75, 3.05) is 6.26 Å². The summed E-state index contributed by atoms with van der Waals surface area (Å²) in [4.78, 5) is 13.5. The first-order valence-electron chi connectivity index (χ1n) is 12.6. The molecule has 5 saturated carbocycles. The summed E-state index contributed by atoms with van der Waals surface area (Å²) in [6.45, 7) is 2.53. The third kappa shape index (κ3) is 3.09. The molecule has 1 aromatic heterocycles. The molecule has 0 aliphatic heterocycles. The number of hydrogen-bond acceptors (Lipinski definition) is 5. The summed E-state index contributed by atoms with van der Waals surface area (Å²) < 4.78 is 25.0. The molecule has 176 valence electrons. The quantitative estimate of drug-likeness (QED) is 0.743. The topological polar surface area (TPSA) is 89.3 Å². The summed E-state index contributed by atoms with van der Waals surface area (Å²) in [5, 5.41) is 14.8. The molecule has 0 aromatic carbocycles. The van der Waals surface area contributed by atoms with Crippen molar-refractivity contribution in [2.45, 2.75) is 81.8 Å². The zero-order valence-corrected chi connectivity index (χ0v) is 20.1. The second kappa shape index (κ2) is 6.91. The average Bonchev–Trinajstić information content (AvgIpc) is 3.06. The Morgan fingerprint density at radius 3 is 2.44 bits per heavy atom. The Kier molecular flexibility index (Phi) is 4.60. The maximum absolute atomic E-state index is 13.4. The Labute approximate surface area is 191 Å². The minimum atomic E-state index is -3.31. The van der Waals surface area contributed by atoms with Gasteiger partial charge in [0, 0.05) is 18.4 Å². The van der Waals surface area contributed by atoms with Gasteiger partial charge in [0.2, 0.25) is 0 Å². The Morgan fingerprint density at radius 2 is 1.75 bits per heavy atom. The van der Waals surface area contributed by atoms with Gasteiger partial charge in [-0.1, -0.05) is 6.92 Å². The highest BCUT2D eigenvalue weighted by atomic mass is 32.2. The van der Waals surface area contributed by atoms with Crippen molar-refractivity contribution in [3.8, 4) is 0 Å². The number of ketones is 1. The molecule has 1 heterocycles. The molecule has 0 saturated heterocycles. The van der Waals surface area contributed by atoms with Gasteiger partial charge in [-0.25, -0.2) is 8.42 Å². The Bertz CT molecular complexity index is 1050. The number of Topliss-reactive ketones (excluding diaryl/α,β-unsaturated/α-hetero) is 1. The third-order valence-electron chi connectivity index (χ3n) is 10.7. The lowest BCUT2D eigenvalue weighted by molar-refractivity contribution is -0.131. The van der Waals surface area contributed by atoms with Gasteiger partial charge in [-0.2, -0.15) is 5.10 Å². The lowest BCUT2D eigenvalue weighted by Crippen LogP contribution is -2.50. The number of sulfone groups is 1. The van der Waals surface area contributed by atoms with E-state index in [1.54, 1.807) is 0 Å². The van der Waals surface area contributed by atoms with E-state index in [9.17, 15) is 18.3 Å². The smallest absolute Gasteiger partial charge is 0.178 e. The Balaban J connectivity index is 1.17. The van der Waals surface area contributed by atoms with Gasteiger partial charge in [-0.15, -0.1) is 0 Å². The van der Waals surface area contributed by atoms with E-state index in [-0.39, 0.29) is 34.2 Å². The zero-order valence-electron chi connectivity index (χ0n) is 19.2. The summed E-state index contributed by atoms with van der Waals surface area (Å²) in [7, 11) is -3.31. The van der Waals surface area contributed by atoms with Gasteiger partial charge in [0.15, 0.2) is 15.6 Å². The molecule has 0 radical (unpaired) electrons. The molecule has 0 spiro atoms. The molecule has 6 rings (SSSR count). The van der Waals surface area contributed by atoms with Crippen LogP contribution in [-0.2, 0) is 21.2 Å². The second-order valence-corrected chi connectivity index (χ2v) is 14.1. The molecule has 1 N–H and O–H groups in total. The van der Waals surface area contributed by atoms with Crippen LogP contribution in [0.15, 0.2) is 17.3 Å². The van der Waals surface area contributed by atoms with Crippen LogP contribution in [0, 0.1) is 46.8 Å². The first-order valence-corrected chi connectivity index (χ1v) is 14.5. The average molecular weight is 461 g/mol. The van der Waals surface area contributed by atoms with E-state index in [0.29, 0.717) is 11.8 Å². The van der Waals surface area contributed by atoms with E-state index < -0.39 is 9.84 Å². The number of fused-ring (bicyclic) bond motifs is 7. The number of carbonyl (C=O) groups excluding carboxylic acids is 1. The Morgan fingerprint density at radius 1 is 1.06 bits per heavy atom. The summed E-state index contributed by atoms with van der Waals surface area (Å²) in [6, 6.07) is 0. The minimum absolute atomic E-state index is 0.0527. The van der Waals surface area contributed by atoms with Crippen molar-refractivity contribution in [3.05, 3.63) is 12.4 Å². The first kappa shape index (κ1) is 21.3. The zero-order chi connectivity index (χ0) is 22.5. The molecule has 7 heteroatoms. The molecule has 6 nitrogen and oxygen atoms in total. The summed E-state index contributed by atoms with van der Waals surface area (Å²) in [5.74, 6) is 4.51. The van der Waals surface area contributed by atoms with Gasteiger partial charge in [0.25, 0.3) is 0 Å². The van der Waals surface area contributed by atoms with Crippen LogP contribution in [-0.4, -0.2) is 40.9 Å². The molecular weight excluding hydrogens is 424 g/mol. The molecule has 1 aromatic rings. The summed E-state index contributed by atoms with van der Waals surface area (Å²) in [6.07, 6.45) is 14.2. The van der Waals surface area contributed by atoms with Crippen LogP contribution in [0.1, 0.15) is 64.7 Å². The first-order chi connectivity index (χ1) is 15.1. The van der Waals surface area contributed by atoms with Gasteiger partial charge in [-0.05, 0) is 98.7 Å². The van der Waals surface area contributed by atoms with Crippen LogP contribution in [0.4, 0.5) is 0 Å². The second-order valence-electron chi connectivity index (χ2n) is 12.1. The lowest BCUT2D eigenvalue weighted by atomic mass is 9.49. The van der Waals surface area contributed by atoms with Crippen LogP contribution in [0.25, 0.3) is 0 Å². The highest BCUT2D eigenvalue weighted by molar-refractivity contribution is 7.90. The predicted molar refractivity (Wildman–Crippen MR) is 119 cm³/mol. The van der Waals surface area contributed by atoms with Crippen LogP contribution in [0.3, 0.4) is 0 Å². The molecule has 1 unspecified atom stereocenters. The van der Waals surface area contributed by atoms with E-state index in [1.807, 2.05) is 0 Å². The highest BCUT2D eigenvalue weighted by Crippen LogP contribution is 2.68. The molecule has 9 atom stereocenters. The van der Waals surface area contributed by atoms with Gasteiger partial charge >= 0.3 is 0 Å². The minimum Gasteiger partial charge on any atom is -0.390 e. The van der Waals surface area contributed by atoms with Crippen molar-refractivity contribution in [3.63, 3.8) is 0 Å². The van der Waals surface area contributed by atoms with Crippen LogP contribution in [0.5, 0.6) is 0 Å². The molecule has 5 aliphatic rings. The fourth-order valence-electron chi connectivity index (χ4n) is 9.11. The Hall–Kier alpha value is -1.21. The number of aliphatic hydroxyl groups is 1. The maximum atomic E-state index is 13.4. The molecule has 32 heavy (non-hydrogen) atoms. The summed E-state index contributed by atoms with van der Waals surface area (Å²) >= 11 is 0. The third-order valence-corrected chi connectivity index (χ3v) is 11.8. The molecular formula is C25H36N2O4S. The molecule has 5 aliphatic carbocycles. The van der Waals surface area contributed by atoms with Crippen LogP contribution in [0.2, 0.25) is 0 Å². The number of hydrogen-bond donors (Lipinski definition) is 1. The van der Waals surface area contributed by atoms with Gasteiger partial charge < -0.3 is 5.11 Å². The van der Waals surface area contributed by atoms with Crippen molar-refractivity contribution in [2.24, 2.45) is 46.8 Å². The monoisotopic (exact) mass is 460 g/mol. The summed E-state index contributed by atoms with van der Waals surface area (Å²) in [5.41, 5.74) is -0.252. The van der Waals surface area contributed by atoms with Gasteiger partial charge in [0.1, 0.15) is 4.90 Å². The van der Waals surface area contributed by atoms with E-state index in [4.69, 9.17) is 0 Å². The van der Waals surface area contributed by atoms with Crippen LogP contribution >= 0.6 is 0 Å². The number of rotatable bonds is 4.